The number of nitrogens with zero attached hydrogens (tertiary/aromatic N) is 5. The fraction of sp³-hybridized carbons (Fsp3) is 0.296. The highest BCUT2D eigenvalue weighted by atomic mass is 19.4. The van der Waals surface area contributed by atoms with Gasteiger partial charge < -0.3 is 10.2 Å². The Hall–Kier alpha value is -4.28. The van der Waals surface area contributed by atoms with Gasteiger partial charge in [-0.3, -0.25) is 19.0 Å². The van der Waals surface area contributed by atoms with E-state index in [0.29, 0.717) is 24.7 Å². The van der Waals surface area contributed by atoms with Gasteiger partial charge in [0.15, 0.2) is 0 Å². The molecule has 2 atom stereocenters. The van der Waals surface area contributed by atoms with Crippen LogP contribution in [0, 0.1) is 0 Å². The molecule has 0 spiro atoms. The number of rotatable bonds is 4. The summed E-state index contributed by atoms with van der Waals surface area (Å²) in [7, 11) is 0. The lowest BCUT2D eigenvalue weighted by Crippen LogP contribution is -2.41. The standard InChI is InChI=1S/C27H23F3N6O2/c28-27(29,30)19-9-10-32-22(13-19)33-26(38)17-3-1-16(2-4-17)24-21-14-31-11-12-35(21)25(34-24)18-5-6-20-7-8-23(37)36(20)15-18/h1-4,9-14,18,20H,5-8,15H2,(H,32,33,38)/t18-,20+/m1/s1. The second kappa shape index (κ2) is 9.23. The Labute approximate surface area is 215 Å². The van der Waals surface area contributed by atoms with Crippen LogP contribution in [0.3, 0.4) is 0 Å². The summed E-state index contributed by atoms with van der Waals surface area (Å²) in [5.41, 5.74) is 1.65. The topological polar surface area (TPSA) is 92.5 Å². The van der Waals surface area contributed by atoms with E-state index < -0.39 is 17.6 Å². The van der Waals surface area contributed by atoms with E-state index in [0.717, 1.165) is 54.5 Å². The van der Waals surface area contributed by atoms with Gasteiger partial charge in [-0.2, -0.15) is 13.2 Å². The molecular formula is C27H23F3N6O2. The van der Waals surface area contributed by atoms with Crippen LogP contribution in [-0.2, 0) is 11.0 Å². The van der Waals surface area contributed by atoms with Crippen molar-refractivity contribution >= 4 is 23.1 Å². The van der Waals surface area contributed by atoms with E-state index >= 15 is 0 Å². The predicted octanol–water partition coefficient (Wildman–Crippen LogP) is 4.93. The lowest BCUT2D eigenvalue weighted by molar-refractivity contribution is -0.137. The Morgan fingerprint density at radius 2 is 1.87 bits per heavy atom. The fourth-order valence-corrected chi connectivity index (χ4v) is 5.38. The van der Waals surface area contributed by atoms with Gasteiger partial charge in [0, 0.05) is 54.6 Å². The first-order valence-corrected chi connectivity index (χ1v) is 12.3. The van der Waals surface area contributed by atoms with Crippen molar-refractivity contribution < 1.29 is 22.8 Å². The SMILES string of the molecule is O=C(Nc1cc(C(F)(F)F)ccn1)c1ccc(-c2nc([C@@H]3CC[C@H]4CCC(=O)N4C3)n3ccncc23)cc1. The quantitative estimate of drug-likeness (QED) is 0.412. The number of nitrogens with one attached hydrogen (secondary N) is 1. The molecule has 3 aromatic heterocycles. The van der Waals surface area contributed by atoms with Crippen LogP contribution in [0.15, 0.2) is 61.2 Å². The zero-order chi connectivity index (χ0) is 26.4. The number of carbonyl (C=O) groups is 2. The third-order valence-corrected chi connectivity index (χ3v) is 7.31. The van der Waals surface area contributed by atoms with Crippen molar-refractivity contribution in [3.05, 3.63) is 78.1 Å². The van der Waals surface area contributed by atoms with Crippen molar-refractivity contribution in [2.24, 2.45) is 0 Å². The van der Waals surface area contributed by atoms with Gasteiger partial charge in [0.1, 0.15) is 11.6 Å². The maximum Gasteiger partial charge on any atom is 0.416 e. The summed E-state index contributed by atoms with van der Waals surface area (Å²) in [6.45, 7) is 0.646. The third-order valence-electron chi connectivity index (χ3n) is 7.31. The largest absolute Gasteiger partial charge is 0.416 e. The Morgan fingerprint density at radius 1 is 1.05 bits per heavy atom. The summed E-state index contributed by atoms with van der Waals surface area (Å²) in [5, 5.41) is 2.42. The summed E-state index contributed by atoms with van der Waals surface area (Å²) >= 11 is 0. The smallest absolute Gasteiger partial charge is 0.339 e. The minimum absolute atomic E-state index is 0.0990. The molecule has 4 aromatic rings. The zero-order valence-electron chi connectivity index (χ0n) is 20.2. The molecule has 8 nitrogen and oxygen atoms in total. The van der Waals surface area contributed by atoms with Crippen molar-refractivity contribution in [1.29, 1.82) is 0 Å². The van der Waals surface area contributed by atoms with Crippen LogP contribution in [0.5, 0.6) is 0 Å². The minimum Gasteiger partial charge on any atom is -0.339 e. The summed E-state index contributed by atoms with van der Waals surface area (Å²) < 4.78 is 40.9. The van der Waals surface area contributed by atoms with Gasteiger partial charge in [0.25, 0.3) is 5.91 Å². The molecule has 2 amide bonds. The molecule has 0 unspecified atom stereocenters. The zero-order valence-corrected chi connectivity index (χ0v) is 20.2. The number of hydrogen-bond acceptors (Lipinski definition) is 5. The van der Waals surface area contributed by atoms with Gasteiger partial charge in [-0.15, -0.1) is 0 Å². The monoisotopic (exact) mass is 520 g/mol. The van der Waals surface area contributed by atoms with Crippen molar-refractivity contribution in [3.63, 3.8) is 0 Å². The molecule has 0 aliphatic carbocycles. The molecule has 1 aromatic carbocycles. The molecule has 38 heavy (non-hydrogen) atoms. The number of hydrogen-bond donors (Lipinski definition) is 1. The Morgan fingerprint density at radius 3 is 2.66 bits per heavy atom. The first-order chi connectivity index (χ1) is 18.3. The molecule has 1 N–H and O–H groups in total. The van der Waals surface area contributed by atoms with E-state index in [2.05, 4.69) is 15.3 Å². The fourth-order valence-electron chi connectivity index (χ4n) is 5.38. The normalized spacial score (nSPS) is 19.6. The number of pyridine rings is 1. The molecule has 5 heterocycles. The van der Waals surface area contributed by atoms with Crippen molar-refractivity contribution in [2.45, 2.75) is 43.8 Å². The predicted molar refractivity (Wildman–Crippen MR) is 132 cm³/mol. The molecule has 11 heteroatoms. The minimum atomic E-state index is -4.53. The third kappa shape index (κ3) is 4.37. The Balaban J connectivity index is 1.25. The number of fused-ring (bicyclic) bond motifs is 2. The molecule has 6 rings (SSSR count). The summed E-state index contributed by atoms with van der Waals surface area (Å²) in [5.74, 6) is 0.412. The van der Waals surface area contributed by atoms with Gasteiger partial charge in [0.2, 0.25) is 5.91 Å². The first kappa shape index (κ1) is 24.1. The summed E-state index contributed by atoms with van der Waals surface area (Å²) in [4.78, 5) is 40.0. The van der Waals surface area contributed by atoms with Gasteiger partial charge in [0.05, 0.1) is 23.0 Å². The molecule has 2 fully saturated rings. The lowest BCUT2D eigenvalue weighted by Gasteiger charge is -2.34. The second-order valence-corrected chi connectivity index (χ2v) is 9.62. The average molecular weight is 521 g/mol. The van der Waals surface area contributed by atoms with Crippen molar-refractivity contribution in [1.82, 2.24) is 24.3 Å². The number of aromatic nitrogens is 4. The van der Waals surface area contributed by atoms with E-state index in [-0.39, 0.29) is 23.2 Å². The summed E-state index contributed by atoms with van der Waals surface area (Å²) in [6, 6.07) is 8.64. The molecule has 194 valence electrons. The van der Waals surface area contributed by atoms with E-state index in [1.54, 1.807) is 36.7 Å². The first-order valence-electron chi connectivity index (χ1n) is 12.3. The van der Waals surface area contributed by atoms with Crippen LogP contribution < -0.4 is 5.32 Å². The van der Waals surface area contributed by atoms with Crippen molar-refractivity contribution in [2.75, 3.05) is 11.9 Å². The van der Waals surface area contributed by atoms with E-state index in [1.165, 1.54) is 0 Å². The molecular weight excluding hydrogens is 497 g/mol. The van der Waals surface area contributed by atoms with Crippen LogP contribution in [-0.4, -0.2) is 48.7 Å². The maximum absolute atomic E-state index is 13.0. The van der Waals surface area contributed by atoms with Crippen LogP contribution in [0.1, 0.15) is 53.3 Å². The molecule has 0 bridgehead atoms. The van der Waals surface area contributed by atoms with Crippen LogP contribution in [0.25, 0.3) is 16.8 Å². The molecule has 2 saturated heterocycles. The van der Waals surface area contributed by atoms with Gasteiger partial charge in [-0.1, -0.05) is 12.1 Å². The van der Waals surface area contributed by atoms with Crippen LogP contribution in [0.4, 0.5) is 19.0 Å². The number of amides is 2. The molecule has 0 saturated carbocycles. The number of carbonyl (C=O) groups excluding carboxylic acids is 2. The average Bonchev–Trinajstić information content (AvgIpc) is 3.49. The van der Waals surface area contributed by atoms with E-state index in [4.69, 9.17) is 4.98 Å². The molecule has 2 aliphatic heterocycles. The van der Waals surface area contributed by atoms with Gasteiger partial charge >= 0.3 is 6.18 Å². The lowest BCUT2D eigenvalue weighted by atomic mass is 9.92. The number of anilines is 1. The number of imidazole rings is 1. The maximum atomic E-state index is 13.0. The van der Waals surface area contributed by atoms with Crippen LogP contribution >= 0.6 is 0 Å². The number of halogens is 3. The van der Waals surface area contributed by atoms with E-state index in [9.17, 15) is 22.8 Å². The summed E-state index contributed by atoms with van der Waals surface area (Å²) in [6.07, 6.45) is 5.20. The highest BCUT2D eigenvalue weighted by Crippen LogP contribution is 2.37. The van der Waals surface area contributed by atoms with Gasteiger partial charge in [-0.05, 0) is 43.5 Å². The van der Waals surface area contributed by atoms with E-state index in [1.807, 2.05) is 15.5 Å². The number of benzene rings is 1. The highest BCUT2D eigenvalue weighted by Gasteiger charge is 2.38. The Kier molecular flexibility index (Phi) is 5.85. The van der Waals surface area contributed by atoms with Gasteiger partial charge in [-0.25, -0.2) is 9.97 Å². The second-order valence-electron chi connectivity index (χ2n) is 9.62. The number of piperidine rings is 1. The molecule has 0 radical (unpaired) electrons. The van der Waals surface area contributed by atoms with Crippen molar-refractivity contribution in [3.8, 4) is 11.3 Å². The Bertz CT molecular complexity index is 1530. The van der Waals surface area contributed by atoms with Crippen LogP contribution in [0.2, 0.25) is 0 Å². The molecule has 2 aliphatic rings. The number of alkyl halides is 3. The highest BCUT2D eigenvalue weighted by molar-refractivity contribution is 6.04.